The molecule has 1 heterocycles. The molecular weight excluding hydrogens is 204 g/mol. The Bertz CT molecular complexity index is 392. The lowest BCUT2D eigenvalue weighted by atomic mass is 10.3. The van der Waals surface area contributed by atoms with Crippen LogP contribution in [0.5, 0.6) is 0 Å². The highest BCUT2D eigenvalue weighted by molar-refractivity contribution is 5.70. The Morgan fingerprint density at radius 3 is 2.56 bits per heavy atom. The van der Waals surface area contributed by atoms with Crippen molar-refractivity contribution >= 4 is 24.6 Å². The lowest BCUT2D eigenvalue weighted by molar-refractivity contribution is -0.137. The van der Waals surface area contributed by atoms with Crippen LogP contribution < -0.4 is 0 Å². The van der Waals surface area contributed by atoms with E-state index in [9.17, 15) is 4.79 Å². The van der Waals surface area contributed by atoms with Crippen LogP contribution in [0, 0.1) is 6.92 Å². The number of aryl methyl sites for hydroxylation is 1. The van der Waals surface area contributed by atoms with Gasteiger partial charge in [0.2, 0.25) is 0 Å². The number of aromatic nitrogens is 1. The van der Waals surface area contributed by atoms with Crippen LogP contribution in [-0.2, 0) is 11.3 Å². The van der Waals surface area contributed by atoms with Crippen molar-refractivity contribution < 1.29 is 9.90 Å². The van der Waals surface area contributed by atoms with E-state index in [0.717, 1.165) is 11.3 Å². The van der Waals surface area contributed by atoms with Gasteiger partial charge in [0.25, 0.3) is 0 Å². The molecule has 0 bridgehead atoms. The van der Waals surface area contributed by atoms with E-state index in [1.807, 2.05) is 26.8 Å². The van der Waals surface area contributed by atoms with Crippen LogP contribution in [0.4, 0.5) is 5.82 Å². The van der Waals surface area contributed by atoms with E-state index in [0.29, 0.717) is 5.82 Å². The van der Waals surface area contributed by atoms with Crippen LogP contribution in [0.25, 0.3) is 6.08 Å². The lowest BCUT2D eigenvalue weighted by Gasteiger charge is -2.04. The second kappa shape index (κ2) is 6.61. The van der Waals surface area contributed by atoms with Gasteiger partial charge in [0.05, 0.1) is 0 Å². The van der Waals surface area contributed by atoms with Gasteiger partial charge in [0.1, 0.15) is 12.4 Å². The summed E-state index contributed by atoms with van der Waals surface area (Å²) >= 11 is 0. The van der Waals surface area contributed by atoms with Gasteiger partial charge in [-0.1, -0.05) is 26.5 Å². The summed E-state index contributed by atoms with van der Waals surface area (Å²) < 4.78 is 1.59. The average Bonchev–Trinajstić information content (AvgIpc) is 2.57. The van der Waals surface area contributed by atoms with Gasteiger partial charge in [0.15, 0.2) is 0 Å². The van der Waals surface area contributed by atoms with Crippen molar-refractivity contribution in [2.45, 2.75) is 27.3 Å². The standard InChI is InChI=1S/C10H12N2O2.C2H6/c1-4-8-5-7(2)12(6-9(13)14)10(8)11-3;1-2/h4-5H,1,3,6H2,2H3,(H,13,14);1-2H3. The van der Waals surface area contributed by atoms with Crippen LogP contribution in [0.3, 0.4) is 0 Å². The first-order valence-corrected chi connectivity index (χ1v) is 5.11. The highest BCUT2D eigenvalue weighted by atomic mass is 16.4. The highest BCUT2D eigenvalue weighted by Gasteiger charge is 2.11. The van der Waals surface area contributed by atoms with E-state index in [1.165, 1.54) is 0 Å². The van der Waals surface area contributed by atoms with Crippen molar-refractivity contribution in [3.63, 3.8) is 0 Å². The largest absolute Gasteiger partial charge is 0.480 e. The molecule has 1 rings (SSSR count). The fourth-order valence-electron chi connectivity index (χ4n) is 1.35. The second-order valence-corrected chi connectivity index (χ2v) is 2.91. The summed E-state index contributed by atoms with van der Waals surface area (Å²) in [5, 5.41) is 8.68. The van der Waals surface area contributed by atoms with Crippen molar-refractivity contribution in [2.75, 3.05) is 0 Å². The van der Waals surface area contributed by atoms with Gasteiger partial charge in [0, 0.05) is 11.3 Å². The second-order valence-electron chi connectivity index (χ2n) is 2.91. The molecule has 1 aromatic heterocycles. The van der Waals surface area contributed by atoms with Crippen molar-refractivity contribution in [1.29, 1.82) is 0 Å². The van der Waals surface area contributed by atoms with Crippen LogP contribution >= 0.6 is 0 Å². The molecule has 0 fully saturated rings. The maximum absolute atomic E-state index is 10.6. The number of aliphatic imine (C=N–C) groups is 1. The van der Waals surface area contributed by atoms with E-state index < -0.39 is 5.97 Å². The summed E-state index contributed by atoms with van der Waals surface area (Å²) in [5.74, 6) is -0.343. The molecule has 0 unspecified atom stereocenters. The summed E-state index contributed by atoms with van der Waals surface area (Å²) in [4.78, 5) is 14.4. The number of aliphatic carboxylic acids is 1. The summed E-state index contributed by atoms with van der Waals surface area (Å²) in [7, 11) is 0. The van der Waals surface area contributed by atoms with Crippen LogP contribution in [0.2, 0.25) is 0 Å². The number of hydrogen-bond donors (Lipinski definition) is 1. The molecular formula is C12H18N2O2. The third kappa shape index (κ3) is 3.08. The summed E-state index contributed by atoms with van der Waals surface area (Å²) in [6, 6.07) is 1.83. The zero-order chi connectivity index (χ0) is 12.7. The number of carboxylic acids is 1. The molecule has 0 spiro atoms. The van der Waals surface area contributed by atoms with Crippen molar-refractivity contribution in [3.8, 4) is 0 Å². The smallest absolute Gasteiger partial charge is 0.323 e. The molecule has 0 atom stereocenters. The summed E-state index contributed by atoms with van der Waals surface area (Å²) in [5.41, 5.74) is 1.64. The first-order valence-electron chi connectivity index (χ1n) is 5.11. The molecule has 1 N–H and O–H groups in total. The summed E-state index contributed by atoms with van der Waals surface area (Å²) in [6.07, 6.45) is 1.63. The minimum Gasteiger partial charge on any atom is -0.480 e. The molecule has 1 aromatic rings. The van der Waals surface area contributed by atoms with Crippen LogP contribution in [-0.4, -0.2) is 22.4 Å². The maximum Gasteiger partial charge on any atom is 0.323 e. The van der Waals surface area contributed by atoms with E-state index >= 15 is 0 Å². The topological polar surface area (TPSA) is 54.6 Å². The van der Waals surface area contributed by atoms with Gasteiger partial charge in [-0.3, -0.25) is 4.79 Å². The third-order valence-electron chi connectivity index (χ3n) is 1.97. The predicted octanol–water partition coefficient (Wildman–Crippen LogP) is 2.88. The number of hydrogen-bond acceptors (Lipinski definition) is 2. The lowest BCUT2D eigenvalue weighted by Crippen LogP contribution is -2.09. The van der Waals surface area contributed by atoms with Crippen molar-refractivity contribution in [2.24, 2.45) is 4.99 Å². The molecule has 0 saturated carbocycles. The first kappa shape index (κ1) is 14.2. The third-order valence-corrected chi connectivity index (χ3v) is 1.97. The van der Waals surface area contributed by atoms with Gasteiger partial charge in [-0.15, -0.1) is 0 Å². The summed E-state index contributed by atoms with van der Waals surface area (Å²) in [6.45, 7) is 12.8. The maximum atomic E-state index is 10.6. The van der Waals surface area contributed by atoms with Gasteiger partial charge >= 0.3 is 5.97 Å². The van der Waals surface area contributed by atoms with Gasteiger partial charge in [-0.2, -0.15) is 0 Å². The van der Waals surface area contributed by atoms with E-state index in [-0.39, 0.29) is 6.54 Å². The van der Waals surface area contributed by atoms with Gasteiger partial charge < -0.3 is 9.67 Å². The monoisotopic (exact) mass is 222 g/mol. The SMILES string of the molecule is C=Cc1cc(C)n(CC(=O)O)c1N=C.CC. The number of carbonyl (C=O) groups is 1. The quantitative estimate of drug-likeness (QED) is 0.796. The fourth-order valence-corrected chi connectivity index (χ4v) is 1.35. The Balaban J connectivity index is 0.00000106. The zero-order valence-electron chi connectivity index (χ0n) is 10.0. The number of rotatable bonds is 4. The Morgan fingerprint density at radius 2 is 2.19 bits per heavy atom. The molecule has 0 aliphatic carbocycles. The predicted molar refractivity (Wildman–Crippen MR) is 67.5 cm³/mol. The molecule has 0 aromatic carbocycles. The molecule has 0 radical (unpaired) electrons. The van der Waals surface area contributed by atoms with E-state index in [2.05, 4.69) is 18.3 Å². The number of carboxylic acid groups (broad SMARTS) is 1. The Kier molecular flexibility index (Phi) is 5.85. The van der Waals surface area contributed by atoms with Gasteiger partial charge in [-0.25, -0.2) is 4.99 Å². The minimum absolute atomic E-state index is 0.103. The van der Waals surface area contributed by atoms with E-state index in [1.54, 1.807) is 10.6 Å². The highest BCUT2D eigenvalue weighted by Crippen LogP contribution is 2.24. The fraction of sp³-hybridized carbons (Fsp3) is 0.333. The molecule has 0 aliphatic heterocycles. The number of nitrogens with zero attached hydrogens (tertiary/aromatic N) is 2. The van der Waals surface area contributed by atoms with Crippen molar-refractivity contribution in [1.82, 2.24) is 4.57 Å². The Labute approximate surface area is 95.9 Å². The van der Waals surface area contributed by atoms with E-state index in [4.69, 9.17) is 5.11 Å². The average molecular weight is 222 g/mol. The molecule has 88 valence electrons. The Morgan fingerprint density at radius 1 is 1.62 bits per heavy atom. The molecule has 0 amide bonds. The normalized spacial score (nSPS) is 8.94. The molecule has 16 heavy (non-hydrogen) atoms. The zero-order valence-corrected chi connectivity index (χ0v) is 10.0. The van der Waals surface area contributed by atoms with Gasteiger partial charge in [-0.05, 0) is 19.7 Å². The molecule has 0 aliphatic rings. The van der Waals surface area contributed by atoms with Crippen LogP contribution in [0.1, 0.15) is 25.1 Å². The Hall–Kier alpha value is -1.84. The van der Waals surface area contributed by atoms with Crippen molar-refractivity contribution in [3.05, 3.63) is 23.9 Å². The minimum atomic E-state index is -0.899. The molecule has 4 nitrogen and oxygen atoms in total. The molecule has 4 heteroatoms. The van der Waals surface area contributed by atoms with Crippen LogP contribution in [0.15, 0.2) is 17.6 Å². The first-order chi connectivity index (χ1) is 7.60. The molecule has 0 saturated heterocycles.